The molecule has 1 aliphatic rings. The Labute approximate surface area is 212 Å². The minimum atomic E-state index is 0.816. The van der Waals surface area contributed by atoms with Crippen LogP contribution in [0.2, 0.25) is 5.02 Å². The van der Waals surface area contributed by atoms with Crippen LogP contribution in [0.4, 0.5) is 0 Å². The molecule has 180 valence electrons. The van der Waals surface area contributed by atoms with Crippen molar-refractivity contribution in [2.24, 2.45) is 0 Å². The first kappa shape index (κ1) is 26.4. The van der Waals surface area contributed by atoms with Crippen LogP contribution >= 0.6 is 23.4 Å². The number of benzene rings is 2. The highest BCUT2D eigenvalue weighted by Gasteiger charge is 2.21. The second-order valence-corrected chi connectivity index (χ2v) is 11.7. The van der Waals surface area contributed by atoms with Crippen LogP contribution in [-0.4, -0.2) is 31.7 Å². The van der Waals surface area contributed by atoms with Crippen LogP contribution in [0.5, 0.6) is 0 Å². The van der Waals surface area contributed by atoms with Crippen molar-refractivity contribution in [1.82, 2.24) is 0 Å². The van der Waals surface area contributed by atoms with Crippen LogP contribution < -0.4 is 0 Å². The molecule has 0 unspecified atom stereocenters. The van der Waals surface area contributed by atoms with Gasteiger partial charge in [0.05, 0.1) is 27.2 Å². The van der Waals surface area contributed by atoms with Crippen LogP contribution in [-0.2, 0) is 0 Å². The molecule has 3 heteroatoms. The van der Waals surface area contributed by atoms with E-state index in [-0.39, 0.29) is 0 Å². The number of hydrogen-bond acceptors (Lipinski definition) is 1. The van der Waals surface area contributed by atoms with Gasteiger partial charge < -0.3 is 4.48 Å². The number of halogens is 1. The molecule has 0 saturated heterocycles. The van der Waals surface area contributed by atoms with E-state index < -0.39 is 0 Å². The molecule has 33 heavy (non-hydrogen) atoms. The van der Waals surface area contributed by atoms with Crippen LogP contribution in [0.1, 0.15) is 88.7 Å². The molecule has 0 bridgehead atoms. The van der Waals surface area contributed by atoms with Gasteiger partial charge in [-0.25, -0.2) is 0 Å². The van der Waals surface area contributed by atoms with Crippen molar-refractivity contribution in [3.63, 3.8) is 0 Å². The number of unbranched alkanes of at least 4 members (excludes halogenated alkanes) is 9. The topological polar surface area (TPSA) is 0 Å². The number of fused-ring (bicyclic) bond motifs is 2. The summed E-state index contributed by atoms with van der Waals surface area (Å²) < 4.78 is 1.10. The summed E-state index contributed by atoms with van der Waals surface area (Å²) in [7, 11) is 4.78. The van der Waals surface area contributed by atoms with E-state index in [1.807, 2.05) is 17.8 Å². The van der Waals surface area contributed by atoms with E-state index in [4.69, 9.17) is 11.6 Å². The summed E-state index contributed by atoms with van der Waals surface area (Å²) in [6.07, 6.45) is 17.6. The van der Waals surface area contributed by atoms with E-state index in [0.29, 0.717) is 0 Å². The zero-order valence-electron chi connectivity index (χ0n) is 21.0. The monoisotopic (exact) mass is 484 g/mol. The van der Waals surface area contributed by atoms with Crippen LogP contribution in [0.3, 0.4) is 0 Å². The van der Waals surface area contributed by atoms with Gasteiger partial charge in [0.1, 0.15) is 0 Å². The molecule has 0 spiro atoms. The van der Waals surface area contributed by atoms with Gasteiger partial charge in [-0.3, -0.25) is 0 Å². The maximum Gasteiger partial charge on any atom is 0.0817 e. The highest BCUT2D eigenvalue weighted by Crippen LogP contribution is 2.46. The highest BCUT2D eigenvalue weighted by atomic mass is 35.5. The van der Waals surface area contributed by atoms with E-state index in [2.05, 4.69) is 63.5 Å². The first-order chi connectivity index (χ1) is 16.0. The summed E-state index contributed by atoms with van der Waals surface area (Å²) in [5, 5.41) is 0.816. The maximum absolute atomic E-state index is 6.37. The Morgan fingerprint density at radius 2 is 1.39 bits per heavy atom. The third-order valence-corrected chi connectivity index (χ3v) is 8.22. The molecule has 0 atom stereocenters. The second-order valence-electron chi connectivity index (χ2n) is 10.2. The van der Waals surface area contributed by atoms with Gasteiger partial charge in [-0.1, -0.05) is 106 Å². The SMILES string of the molecule is CCCCCCCCCCCC[N+](C)(C)CCC=C1c2ccccc2Sc2ccc(Cl)cc21. The minimum Gasteiger partial charge on any atom is -0.328 e. The Morgan fingerprint density at radius 3 is 2.12 bits per heavy atom. The Bertz CT molecular complexity index is 902. The van der Waals surface area contributed by atoms with Crippen molar-refractivity contribution < 1.29 is 4.48 Å². The van der Waals surface area contributed by atoms with E-state index in [9.17, 15) is 0 Å². The van der Waals surface area contributed by atoms with Gasteiger partial charge in [0.2, 0.25) is 0 Å². The van der Waals surface area contributed by atoms with Crippen molar-refractivity contribution in [1.29, 1.82) is 0 Å². The van der Waals surface area contributed by atoms with Gasteiger partial charge in [-0.2, -0.15) is 0 Å². The van der Waals surface area contributed by atoms with Gasteiger partial charge >= 0.3 is 0 Å². The van der Waals surface area contributed by atoms with Gasteiger partial charge in [-0.15, -0.1) is 0 Å². The molecule has 2 aromatic rings. The van der Waals surface area contributed by atoms with Gasteiger partial charge in [0, 0.05) is 21.2 Å². The lowest BCUT2D eigenvalue weighted by molar-refractivity contribution is -0.890. The second kappa shape index (κ2) is 13.6. The first-order valence-corrected chi connectivity index (χ1v) is 14.3. The Kier molecular flexibility index (Phi) is 10.9. The smallest absolute Gasteiger partial charge is 0.0817 e. The largest absolute Gasteiger partial charge is 0.328 e. The summed E-state index contributed by atoms with van der Waals surface area (Å²) >= 11 is 8.22. The predicted octanol–water partition coefficient (Wildman–Crippen LogP) is 9.62. The Balaban J connectivity index is 1.46. The van der Waals surface area contributed by atoms with Crippen molar-refractivity contribution in [3.8, 4) is 0 Å². The normalized spacial score (nSPS) is 14.4. The maximum atomic E-state index is 6.37. The van der Waals surface area contributed by atoms with Crippen molar-refractivity contribution in [3.05, 3.63) is 64.7 Å². The average molecular weight is 485 g/mol. The molecule has 1 heterocycles. The van der Waals surface area contributed by atoms with Crippen LogP contribution in [0.15, 0.2) is 58.3 Å². The molecule has 1 nitrogen and oxygen atoms in total. The van der Waals surface area contributed by atoms with Gasteiger partial charge in [0.15, 0.2) is 0 Å². The summed E-state index contributed by atoms with van der Waals surface area (Å²) in [6, 6.07) is 15.1. The number of quaternary nitrogens is 1. The third kappa shape index (κ3) is 8.50. The molecule has 0 amide bonds. The first-order valence-electron chi connectivity index (χ1n) is 13.1. The van der Waals surface area contributed by atoms with E-state index in [1.54, 1.807) is 0 Å². The molecule has 1 aliphatic heterocycles. The quantitative estimate of drug-likeness (QED) is 0.162. The number of nitrogens with zero attached hydrogens (tertiary/aromatic N) is 1. The lowest BCUT2D eigenvalue weighted by atomic mass is 9.96. The number of hydrogen-bond donors (Lipinski definition) is 0. The van der Waals surface area contributed by atoms with Crippen molar-refractivity contribution >= 4 is 28.9 Å². The van der Waals surface area contributed by atoms with E-state index >= 15 is 0 Å². The van der Waals surface area contributed by atoms with Gasteiger partial charge in [-0.05, 0) is 53.8 Å². The average Bonchev–Trinajstić information content (AvgIpc) is 2.80. The van der Waals surface area contributed by atoms with Crippen molar-refractivity contribution in [2.45, 2.75) is 87.3 Å². The number of rotatable bonds is 14. The minimum absolute atomic E-state index is 0.816. The molecule has 3 rings (SSSR count). The van der Waals surface area contributed by atoms with Crippen molar-refractivity contribution in [2.75, 3.05) is 27.2 Å². The molecule has 0 N–H and O–H groups in total. The lowest BCUT2D eigenvalue weighted by Gasteiger charge is -2.30. The fraction of sp³-hybridized carbons (Fsp3) is 0.533. The molecule has 2 aromatic carbocycles. The molecule has 0 aliphatic carbocycles. The molecular weight excluding hydrogens is 442 g/mol. The molecule has 0 fully saturated rings. The lowest BCUT2D eigenvalue weighted by Crippen LogP contribution is -2.41. The molecular formula is C30H43ClNS+. The summed E-state index contributed by atoms with van der Waals surface area (Å²) in [5.41, 5.74) is 3.98. The summed E-state index contributed by atoms with van der Waals surface area (Å²) in [4.78, 5) is 2.65. The van der Waals surface area contributed by atoms with Crippen LogP contribution in [0, 0.1) is 0 Å². The summed E-state index contributed by atoms with van der Waals surface area (Å²) in [6.45, 7) is 4.74. The van der Waals surface area contributed by atoms with E-state index in [0.717, 1.165) is 15.9 Å². The predicted molar refractivity (Wildman–Crippen MR) is 147 cm³/mol. The molecule has 0 saturated carbocycles. The molecule has 0 aromatic heterocycles. The standard InChI is InChI=1S/C30H43ClNS/c1-4-5-6-7-8-9-10-11-12-15-22-32(2,3)23-16-18-26-27-17-13-14-19-29(27)33-30-21-20-25(31)24-28(26)30/h13-14,17-21,24H,4-12,15-16,22-23H2,1-3H3/q+1. The zero-order valence-corrected chi connectivity index (χ0v) is 22.6. The molecule has 0 radical (unpaired) electrons. The fourth-order valence-corrected chi connectivity index (χ4v) is 6.02. The Morgan fingerprint density at radius 1 is 0.758 bits per heavy atom. The zero-order chi connectivity index (χ0) is 23.5. The van der Waals surface area contributed by atoms with Gasteiger partial charge in [0.25, 0.3) is 0 Å². The summed E-state index contributed by atoms with van der Waals surface area (Å²) in [5.74, 6) is 0. The Hall–Kier alpha value is -1.22. The third-order valence-electron chi connectivity index (χ3n) is 6.83. The van der Waals surface area contributed by atoms with Crippen LogP contribution in [0.25, 0.3) is 5.57 Å². The fourth-order valence-electron chi connectivity index (χ4n) is 4.76. The highest BCUT2D eigenvalue weighted by molar-refractivity contribution is 7.99. The van der Waals surface area contributed by atoms with E-state index in [1.165, 1.54) is 104 Å².